The number of pyridine rings is 2. The standard InChI is InChI=1S/C14H16N4O2.ClH/c1-9-2-3-10-12(19)11(8-16-13(10)17-9)14(20)18-6-4-15-5-7-18;/h2-3,8,15H,4-7H2,1H3,(H,16,17,19);1H. The van der Waals surface area contributed by atoms with Gasteiger partial charge in [-0.1, -0.05) is 0 Å². The Hall–Kier alpha value is -1.92. The molecule has 1 amide bonds. The Morgan fingerprint density at radius 3 is 2.71 bits per heavy atom. The van der Waals surface area contributed by atoms with Crippen LogP contribution in [0.5, 0.6) is 0 Å². The van der Waals surface area contributed by atoms with Gasteiger partial charge in [0.1, 0.15) is 11.2 Å². The summed E-state index contributed by atoms with van der Waals surface area (Å²) in [6, 6.07) is 3.49. The lowest BCUT2D eigenvalue weighted by Gasteiger charge is -2.27. The molecular formula is C14H17ClN4O2. The predicted octanol–water partition coefficient (Wildman–Crippen LogP) is 0.699. The van der Waals surface area contributed by atoms with Crippen LogP contribution in [0.2, 0.25) is 0 Å². The van der Waals surface area contributed by atoms with Crippen molar-refractivity contribution in [2.75, 3.05) is 26.2 Å². The fraction of sp³-hybridized carbons (Fsp3) is 0.357. The lowest BCUT2D eigenvalue weighted by atomic mass is 10.1. The molecule has 2 aromatic rings. The molecule has 0 aliphatic carbocycles. The van der Waals surface area contributed by atoms with E-state index >= 15 is 0 Å². The van der Waals surface area contributed by atoms with Crippen LogP contribution in [0.4, 0.5) is 0 Å². The average molecular weight is 309 g/mol. The molecule has 0 radical (unpaired) electrons. The second-order valence-electron chi connectivity index (χ2n) is 4.92. The van der Waals surface area contributed by atoms with Crippen molar-refractivity contribution in [3.05, 3.63) is 39.8 Å². The van der Waals surface area contributed by atoms with Crippen LogP contribution >= 0.6 is 12.4 Å². The van der Waals surface area contributed by atoms with E-state index in [1.165, 1.54) is 6.20 Å². The van der Waals surface area contributed by atoms with Gasteiger partial charge in [0.15, 0.2) is 0 Å². The van der Waals surface area contributed by atoms with Crippen LogP contribution in [0.3, 0.4) is 0 Å². The van der Waals surface area contributed by atoms with Crippen molar-refractivity contribution in [2.24, 2.45) is 0 Å². The molecule has 7 heteroatoms. The van der Waals surface area contributed by atoms with Crippen LogP contribution in [0.25, 0.3) is 11.0 Å². The maximum atomic E-state index is 12.4. The number of piperazine rings is 1. The van der Waals surface area contributed by atoms with Crippen molar-refractivity contribution in [1.82, 2.24) is 20.2 Å². The van der Waals surface area contributed by atoms with Crippen LogP contribution in [0, 0.1) is 6.92 Å². The molecule has 0 bridgehead atoms. The summed E-state index contributed by atoms with van der Waals surface area (Å²) in [5.74, 6) is -0.213. The number of carbonyl (C=O) groups excluding carboxylic acids is 1. The summed E-state index contributed by atoms with van der Waals surface area (Å²) in [5, 5.41) is 3.64. The van der Waals surface area contributed by atoms with E-state index < -0.39 is 0 Å². The SMILES string of the molecule is Cc1ccc2c(=O)c(C(=O)N3CCNCC3)c[nH]c2n1.Cl. The van der Waals surface area contributed by atoms with Gasteiger partial charge >= 0.3 is 0 Å². The quantitative estimate of drug-likeness (QED) is 0.813. The average Bonchev–Trinajstić information content (AvgIpc) is 2.48. The van der Waals surface area contributed by atoms with E-state index in [0.29, 0.717) is 24.1 Å². The molecule has 6 nitrogen and oxygen atoms in total. The molecule has 0 spiro atoms. The van der Waals surface area contributed by atoms with Crippen molar-refractivity contribution in [1.29, 1.82) is 0 Å². The fourth-order valence-electron chi connectivity index (χ4n) is 2.40. The number of nitrogens with one attached hydrogen (secondary N) is 2. The number of rotatable bonds is 1. The molecule has 112 valence electrons. The Balaban J connectivity index is 0.00000161. The van der Waals surface area contributed by atoms with Crippen LogP contribution in [0.15, 0.2) is 23.1 Å². The molecule has 1 saturated heterocycles. The van der Waals surface area contributed by atoms with Crippen LogP contribution in [0.1, 0.15) is 16.1 Å². The van der Waals surface area contributed by atoms with Gasteiger partial charge in [-0.05, 0) is 19.1 Å². The first-order chi connectivity index (χ1) is 9.66. The van der Waals surface area contributed by atoms with Gasteiger partial charge in [0.2, 0.25) is 5.43 Å². The molecule has 3 heterocycles. The molecule has 21 heavy (non-hydrogen) atoms. The van der Waals surface area contributed by atoms with E-state index in [1.807, 2.05) is 6.92 Å². The summed E-state index contributed by atoms with van der Waals surface area (Å²) < 4.78 is 0. The molecule has 3 rings (SSSR count). The number of nitrogens with zero attached hydrogens (tertiary/aromatic N) is 2. The Morgan fingerprint density at radius 2 is 2.00 bits per heavy atom. The van der Waals surface area contributed by atoms with Crippen LogP contribution in [-0.4, -0.2) is 47.0 Å². The lowest BCUT2D eigenvalue weighted by molar-refractivity contribution is 0.0734. The van der Waals surface area contributed by atoms with Gasteiger partial charge in [0, 0.05) is 38.1 Å². The molecule has 0 aromatic carbocycles. The highest BCUT2D eigenvalue weighted by Gasteiger charge is 2.21. The van der Waals surface area contributed by atoms with Crippen molar-refractivity contribution < 1.29 is 4.79 Å². The summed E-state index contributed by atoms with van der Waals surface area (Å²) in [5.41, 5.74) is 1.28. The number of H-pyrrole nitrogens is 1. The minimum atomic E-state index is -0.255. The largest absolute Gasteiger partial charge is 0.345 e. The van der Waals surface area contributed by atoms with Gasteiger partial charge in [-0.25, -0.2) is 4.98 Å². The van der Waals surface area contributed by atoms with Crippen molar-refractivity contribution in [3.63, 3.8) is 0 Å². The molecular weight excluding hydrogens is 292 g/mol. The first-order valence-electron chi connectivity index (χ1n) is 6.66. The van der Waals surface area contributed by atoms with Gasteiger partial charge in [-0.3, -0.25) is 9.59 Å². The minimum Gasteiger partial charge on any atom is -0.345 e. The number of hydrogen-bond donors (Lipinski definition) is 2. The third kappa shape index (κ3) is 2.91. The number of fused-ring (bicyclic) bond motifs is 1. The monoisotopic (exact) mass is 308 g/mol. The van der Waals surface area contributed by atoms with Gasteiger partial charge < -0.3 is 15.2 Å². The highest BCUT2D eigenvalue weighted by molar-refractivity contribution is 5.96. The molecule has 2 aromatic heterocycles. The van der Waals surface area contributed by atoms with Gasteiger partial charge in [0.25, 0.3) is 5.91 Å². The topological polar surface area (TPSA) is 78.1 Å². The predicted molar refractivity (Wildman–Crippen MR) is 83.1 cm³/mol. The first kappa shape index (κ1) is 15.5. The van der Waals surface area contributed by atoms with Crippen LogP contribution in [-0.2, 0) is 0 Å². The highest BCUT2D eigenvalue weighted by Crippen LogP contribution is 2.08. The summed E-state index contributed by atoms with van der Waals surface area (Å²) in [4.78, 5) is 33.7. The van der Waals surface area contributed by atoms with E-state index in [9.17, 15) is 9.59 Å². The zero-order chi connectivity index (χ0) is 14.1. The zero-order valence-corrected chi connectivity index (χ0v) is 12.5. The van der Waals surface area contributed by atoms with E-state index in [2.05, 4.69) is 15.3 Å². The Labute approximate surface area is 128 Å². The van der Waals surface area contributed by atoms with E-state index in [-0.39, 0.29) is 29.3 Å². The Kier molecular flexibility index (Phi) is 4.59. The van der Waals surface area contributed by atoms with E-state index in [0.717, 1.165) is 18.8 Å². The van der Waals surface area contributed by atoms with E-state index in [1.54, 1.807) is 17.0 Å². The number of aryl methyl sites for hydroxylation is 1. The molecule has 0 atom stereocenters. The van der Waals surface area contributed by atoms with Gasteiger partial charge in [0.05, 0.1) is 5.39 Å². The van der Waals surface area contributed by atoms with Crippen molar-refractivity contribution in [3.8, 4) is 0 Å². The van der Waals surface area contributed by atoms with Gasteiger partial charge in [-0.2, -0.15) is 0 Å². The van der Waals surface area contributed by atoms with E-state index in [4.69, 9.17) is 0 Å². The lowest BCUT2D eigenvalue weighted by Crippen LogP contribution is -2.47. The second kappa shape index (κ2) is 6.24. The molecule has 0 unspecified atom stereocenters. The second-order valence-corrected chi connectivity index (χ2v) is 4.92. The number of carbonyl (C=O) groups is 1. The number of hydrogen-bond acceptors (Lipinski definition) is 4. The Morgan fingerprint density at radius 1 is 1.29 bits per heavy atom. The fourth-order valence-corrected chi connectivity index (χ4v) is 2.40. The summed E-state index contributed by atoms with van der Waals surface area (Å²) >= 11 is 0. The number of halogens is 1. The smallest absolute Gasteiger partial charge is 0.259 e. The van der Waals surface area contributed by atoms with Crippen LogP contribution < -0.4 is 10.7 Å². The molecule has 1 aliphatic heterocycles. The highest BCUT2D eigenvalue weighted by atomic mass is 35.5. The maximum Gasteiger partial charge on any atom is 0.259 e. The number of aromatic nitrogens is 2. The van der Waals surface area contributed by atoms with Gasteiger partial charge in [-0.15, -0.1) is 12.4 Å². The minimum absolute atomic E-state index is 0. The number of amides is 1. The molecule has 2 N–H and O–H groups in total. The summed E-state index contributed by atoms with van der Waals surface area (Å²) in [6.45, 7) is 4.64. The van der Waals surface area contributed by atoms with Crippen molar-refractivity contribution >= 4 is 29.3 Å². The summed E-state index contributed by atoms with van der Waals surface area (Å²) in [6.07, 6.45) is 1.47. The molecule has 1 fully saturated rings. The maximum absolute atomic E-state index is 12.4. The third-order valence-corrected chi connectivity index (χ3v) is 3.51. The molecule has 1 aliphatic rings. The zero-order valence-electron chi connectivity index (χ0n) is 11.7. The number of aromatic amines is 1. The summed E-state index contributed by atoms with van der Waals surface area (Å²) in [7, 11) is 0. The first-order valence-corrected chi connectivity index (χ1v) is 6.66. The third-order valence-electron chi connectivity index (χ3n) is 3.51. The Bertz CT molecular complexity index is 722. The normalized spacial score (nSPS) is 14.8. The van der Waals surface area contributed by atoms with Crippen molar-refractivity contribution in [2.45, 2.75) is 6.92 Å². The molecule has 0 saturated carbocycles.